The van der Waals surface area contributed by atoms with Crippen molar-refractivity contribution in [3.8, 4) is 5.69 Å². The van der Waals surface area contributed by atoms with E-state index in [0.29, 0.717) is 11.3 Å². The highest BCUT2D eigenvalue weighted by molar-refractivity contribution is 7.58. The molecular weight excluding hydrogens is 439 g/mol. The molecule has 6 nitrogen and oxygen atoms in total. The molecule has 2 aromatic heterocycles. The second-order valence-corrected chi connectivity index (χ2v) is 7.43. The molecule has 0 atom stereocenters. The van der Waals surface area contributed by atoms with Crippen LogP contribution in [0.1, 0.15) is 16.1 Å². The third-order valence-corrected chi connectivity index (χ3v) is 5.28. The summed E-state index contributed by atoms with van der Waals surface area (Å²) < 4.78 is 16.8. The zero-order valence-electron chi connectivity index (χ0n) is 16.0. The van der Waals surface area contributed by atoms with Gasteiger partial charge in [-0.3, -0.25) is 10.1 Å². The second kappa shape index (κ2) is 8.71. The van der Waals surface area contributed by atoms with Gasteiger partial charge in [-0.25, -0.2) is 13.8 Å². The van der Waals surface area contributed by atoms with E-state index in [2.05, 4.69) is 10.6 Å². The quantitative estimate of drug-likeness (QED) is 0.366. The van der Waals surface area contributed by atoms with Gasteiger partial charge in [0.25, 0.3) is 5.65 Å². The highest BCUT2D eigenvalue weighted by Gasteiger charge is 2.26. The summed E-state index contributed by atoms with van der Waals surface area (Å²) in [5, 5.41) is 5.03. The van der Waals surface area contributed by atoms with Crippen LogP contribution in [0.5, 0.6) is 0 Å². The fourth-order valence-electron chi connectivity index (χ4n) is 3.18. The number of nitrogens with one attached hydrogen (secondary N) is 2. The number of imidazole rings is 1. The van der Waals surface area contributed by atoms with Gasteiger partial charge in [0.1, 0.15) is 11.5 Å². The number of urea groups is 1. The van der Waals surface area contributed by atoms with Crippen molar-refractivity contribution in [2.75, 3.05) is 0 Å². The standard InChI is InChI=1S/C22H16ClFN4O2S/c23-16-12-15(9-10-17(16)24)28-18-8-4-5-11-27(18)19(21(28)31)20(29)26-22(30)25-13-14-6-2-1-3-7-14/h1-12H,13H2,(H2-,25,26,29,30,31). The number of rotatable bonds is 4. The van der Waals surface area contributed by atoms with Gasteiger partial charge in [0.2, 0.25) is 5.69 Å². The number of hydrogen-bond acceptors (Lipinski definition) is 3. The second-order valence-electron chi connectivity index (χ2n) is 6.64. The Morgan fingerprint density at radius 1 is 1.06 bits per heavy atom. The van der Waals surface area contributed by atoms with Crippen molar-refractivity contribution in [2.45, 2.75) is 11.6 Å². The van der Waals surface area contributed by atoms with Gasteiger partial charge in [-0.15, -0.1) is 0 Å². The van der Waals surface area contributed by atoms with Crippen LogP contribution < -0.4 is 15.0 Å². The number of aromatic nitrogens is 2. The van der Waals surface area contributed by atoms with Gasteiger partial charge >= 0.3 is 11.9 Å². The molecule has 9 heteroatoms. The van der Waals surface area contributed by atoms with E-state index in [1.54, 1.807) is 33.4 Å². The molecular formula is C22H16ClFN4O2S. The van der Waals surface area contributed by atoms with Crippen molar-refractivity contribution in [1.82, 2.24) is 15.2 Å². The van der Waals surface area contributed by atoms with Crippen LogP contribution >= 0.6 is 11.6 Å². The Hall–Kier alpha value is -3.49. The Morgan fingerprint density at radius 3 is 2.55 bits per heavy atom. The minimum Gasteiger partial charge on any atom is -0.732 e. The molecule has 2 N–H and O–H groups in total. The van der Waals surface area contributed by atoms with Gasteiger partial charge in [0.05, 0.1) is 11.2 Å². The number of pyridine rings is 1. The molecule has 0 unspecified atom stereocenters. The van der Waals surface area contributed by atoms with Crippen LogP contribution in [0.4, 0.5) is 9.18 Å². The van der Waals surface area contributed by atoms with Gasteiger partial charge in [-0.1, -0.05) is 48.0 Å². The molecule has 0 saturated carbocycles. The number of amides is 3. The van der Waals surface area contributed by atoms with Crippen molar-refractivity contribution in [1.29, 1.82) is 0 Å². The van der Waals surface area contributed by atoms with Crippen molar-refractivity contribution >= 4 is 41.8 Å². The van der Waals surface area contributed by atoms with Crippen molar-refractivity contribution < 1.29 is 18.4 Å². The van der Waals surface area contributed by atoms with Gasteiger partial charge in [0.15, 0.2) is 0 Å². The Morgan fingerprint density at radius 2 is 1.81 bits per heavy atom. The van der Waals surface area contributed by atoms with Crippen LogP contribution in [0.15, 0.2) is 78.0 Å². The molecule has 2 aromatic carbocycles. The third kappa shape index (κ3) is 4.21. The number of imide groups is 1. The number of benzene rings is 2. The zero-order chi connectivity index (χ0) is 22.0. The minimum atomic E-state index is -0.663. The van der Waals surface area contributed by atoms with Gasteiger partial charge in [0, 0.05) is 23.7 Å². The van der Waals surface area contributed by atoms with Gasteiger partial charge < -0.3 is 17.9 Å². The predicted octanol–water partition coefficient (Wildman–Crippen LogP) is 3.55. The Balaban J connectivity index is 1.64. The van der Waals surface area contributed by atoms with Gasteiger partial charge in [-0.05, 0) is 23.8 Å². The number of halogens is 2. The Labute approximate surface area is 187 Å². The van der Waals surface area contributed by atoms with Crippen LogP contribution in [-0.4, -0.2) is 16.5 Å². The predicted molar refractivity (Wildman–Crippen MR) is 116 cm³/mol. The van der Waals surface area contributed by atoms with E-state index >= 15 is 0 Å². The van der Waals surface area contributed by atoms with Crippen molar-refractivity contribution in [2.24, 2.45) is 0 Å². The maximum absolute atomic E-state index is 13.6. The molecule has 0 aliphatic rings. The summed E-state index contributed by atoms with van der Waals surface area (Å²) in [6.45, 7) is 0.268. The monoisotopic (exact) mass is 454 g/mol. The van der Waals surface area contributed by atoms with E-state index < -0.39 is 17.8 Å². The van der Waals surface area contributed by atoms with E-state index in [0.717, 1.165) is 5.56 Å². The third-order valence-electron chi connectivity index (χ3n) is 4.61. The maximum Gasteiger partial charge on any atom is 0.322 e. The smallest absolute Gasteiger partial charge is 0.322 e. The molecule has 31 heavy (non-hydrogen) atoms. The lowest BCUT2D eigenvalue weighted by molar-refractivity contribution is -0.514. The summed E-state index contributed by atoms with van der Waals surface area (Å²) in [6, 6.07) is 18.1. The molecule has 156 valence electrons. The molecule has 0 spiro atoms. The maximum atomic E-state index is 13.6. The molecule has 4 aromatic rings. The first kappa shape index (κ1) is 20.8. The first-order valence-corrected chi connectivity index (χ1v) is 10.0. The average molecular weight is 455 g/mol. The summed E-state index contributed by atoms with van der Waals surface area (Å²) in [4.78, 5) is 25.2. The van der Waals surface area contributed by atoms with Crippen LogP contribution in [0.2, 0.25) is 5.02 Å². The van der Waals surface area contributed by atoms with Crippen LogP contribution in [-0.2, 0) is 19.2 Å². The van der Waals surface area contributed by atoms with E-state index in [1.165, 1.54) is 18.2 Å². The molecule has 0 aliphatic carbocycles. The Kier molecular flexibility index (Phi) is 5.83. The average Bonchev–Trinajstić information content (AvgIpc) is 3.07. The molecule has 0 fully saturated rings. The molecule has 0 bridgehead atoms. The number of fused-ring (bicyclic) bond motifs is 1. The number of carbonyl (C=O) groups excluding carboxylic acids is 2. The zero-order valence-corrected chi connectivity index (χ0v) is 17.6. The van der Waals surface area contributed by atoms with E-state index in [4.69, 9.17) is 24.2 Å². The highest BCUT2D eigenvalue weighted by Crippen LogP contribution is 2.23. The van der Waals surface area contributed by atoms with E-state index in [1.807, 2.05) is 30.3 Å². The van der Waals surface area contributed by atoms with E-state index in [9.17, 15) is 14.0 Å². The normalized spacial score (nSPS) is 10.8. The molecule has 0 saturated heterocycles. The fraction of sp³-hybridized carbons (Fsp3) is 0.0455. The first-order chi connectivity index (χ1) is 15.0. The highest BCUT2D eigenvalue weighted by atomic mass is 35.5. The lowest BCUT2D eigenvalue weighted by Gasteiger charge is -2.09. The first-order valence-electron chi connectivity index (χ1n) is 9.26. The van der Waals surface area contributed by atoms with E-state index in [-0.39, 0.29) is 22.3 Å². The molecule has 0 aliphatic heterocycles. The van der Waals surface area contributed by atoms with Crippen LogP contribution in [0, 0.1) is 5.82 Å². The fourth-order valence-corrected chi connectivity index (χ4v) is 3.75. The molecule has 0 radical (unpaired) electrons. The summed E-state index contributed by atoms with van der Waals surface area (Å²) in [5.74, 6) is -1.22. The molecule has 3 amide bonds. The van der Waals surface area contributed by atoms with Gasteiger partial charge in [-0.2, -0.15) is 4.40 Å². The summed E-state index contributed by atoms with van der Waals surface area (Å²) >= 11 is 11.5. The number of nitrogens with zero attached hydrogens (tertiary/aromatic N) is 2. The lowest BCUT2D eigenvalue weighted by atomic mass is 10.2. The summed E-state index contributed by atoms with van der Waals surface area (Å²) in [7, 11) is 0. The topological polar surface area (TPSA) is 67.2 Å². The lowest BCUT2D eigenvalue weighted by Crippen LogP contribution is -2.42. The Bertz CT molecular complexity index is 1290. The molecule has 2 heterocycles. The van der Waals surface area contributed by atoms with Crippen molar-refractivity contribution in [3.05, 3.63) is 95.0 Å². The number of carbonyl (C=O) groups is 2. The van der Waals surface area contributed by atoms with Crippen molar-refractivity contribution in [3.63, 3.8) is 0 Å². The minimum absolute atomic E-state index is 0.0685. The summed E-state index contributed by atoms with van der Waals surface area (Å²) in [5.41, 5.74) is 2.05. The summed E-state index contributed by atoms with van der Waals surface area (Å²) in [6.07, 6.45) is 1.66. The van der Waals surface area contributed by atoms with Crippen LogP contribution in [0.3, 0.4) is 0 Å². The SMILES string of the molecule is O=C(NCc1ccccc1)NC(=O)c1c([S-])n(-c2ccc(F)c(Cl)c2)c2cccc[n+]12. The number of hydrogen-bond donors (Lipinski definition) is 2. The van der Waals surface area contributed by atoms with Crippen LogP contribution in [0.25, 0.3) is 11.3 Å². The largest absolute Gasteiger partial charge is 0.732 e. The molecule has 4 rings (SSSR count).